The van der Waals surface area contributed by atoms with Crippen molar-refractivity contribution < 1.29 is 35.1 Å². The predicted molar refractivity (Wildman–Crippen MR) is 33.5 cm³/mol. The average molecular weight is 254 g/mol. The van der Waals surface area contributed by atoms with E-state index in [1.165, 1.54) is 5.10 Å². The Balaban J connectivity index is 3.31. The van der Waals surface area contributed by atoms with Crippen LogP contribution in [0.5, 0.6) is 0 Å². The molecule has 0 aliphatic rings. The summed E-state index contributed by atoms with van der Waals surface area (Å²) in [5, 5.41) is 3.64. The summed E-state index contributed by atoms with van der Waals surface area (Å²) in [4.78, 5) is 0. The third kappa shape index (κ3) is 1.95. The van der Waals surface area contributed by atoms with Gasteiger partial charge in [0.05, 0.1) is 0 Å². The molecular formula is C6H2F8N2. The Morgan fingerprint density at radius 2 is 1.44 bits per heavy atom. The largest absolute Gasteiger partial charge is 0.459 e. The van der Waals surface area contributed by atoms with Crippen molar-refractivity contribution in [3.05, 3.63) is 17.5 Å². The highest BCUT2D eigenvalue weighted by atomic mass is 19.4. The molecule has 0 atom stereocenters. The molecule has 1 rings (SSSR count). The first-order valence-corrected chi connectivity index (χ1v) is 3.54. The molecule has 0 amide bonds. The fourth-order valence-corrected chi connectivity index (χ4v) is 0.880. The predicted octanol–water partition coefficient (Wildman–Crippen LogP) is 3.08. The second kappa shape index (κ2) is 3.32. The summed E-state index contributed by atoms with van der Waals surface area (Å²) in [5.74, 6) is -5.65. The van der Waals surface area contributed by atoms with E-state index in [1.54, 1.807) is 0 Å². The number of nitrogens with one attached hydrogen (secondary N) is 1. The van der Waals surface area contributed by atoms with Crippen LogP contribution in [0.3, 0.4) is 0 Å². The van der Waals surface area contributed by atoms with E-state index in [9.17, 15) is 35.1 Å². The van der Waals surface area contributed by atoms with Gasteiger partial charge in [-0.25, -0.2) is 0 Å². The molecule has 1 aromatic rings. The van der Waals surface area contributed by atoms with E-state index in [4.69, 9.17) is 0 Å². The van der Waals surface area contributed by atoms with E-state index in [0.717, 1.165) is 0 Å². The Hall–Kier alpha value is -1.35. The zero-order valence-corrected chi connectivity index (χ0v) is 7.05. The van der Waals surface area contributed by atoms with Gasteiger partial charge >= 0.3 is 18.3 Å². The van der Waals surface area contributed by atoms with Gasteiger partial charge in [-0.15, -0.1) is 0 Å². The normalized spacial score (nSPS) is 14.2. The van der Waals surface area contributed by atoms with Crippen molar-refractivity contribution in [3.63, 3.8) is 0 Å². The van der Waals surface area contributed by atoms with Gasteiger partial charge in [0.15, 0.2) is 5.69 Å². The lowest BCUT2D eigenvalue weighted by Crippen LogP contribution is -2.35. The van der Waals surface area contributed by atoms with Crippen LogP contribution >= 0.6 is 0 Å². The topological polar surface area (TPSA) is 28.7 Å². The number of hydrogen-bond acceptors (Lipinski definition) is 1. The van der Waals surface area contributed by atoms with Gasteiger partial charge in [-0.1, -0.05) is 0 Å². The molecule has 0 radical (unpaired) electrons. The molecule has 0 aromatic carbocycles. The first kappa shape index (κ1) is 12.7. The van der Waals surface area contributed by atoms with Crippen molar-refractivity contribution >= 4 is 0 Å². The number of aromatic nitrogens is 2. The number of H-pyrrole nitrogens is 1. The van der Waals surface area contributed by atoms with Crippen molar-refractivity contribution in [1.29, 1.82) is 0 Å². The van der Waals surface area contributed by atoms with Crippen LogP contribution < -0.4 is 0 Å². The molecule has 1 N–H and O–H groups in total. The van der Waals surface area contributed by atoms with Crippen LogP contribution in [-0.2, 0) is 12.1 Å². The van der Waals surface area contributed by atoms with Crippen molar-refractivity contribution in [1.82, 2.24) is 10.2 Å². The number of aromatic amines is 1. The maximum Gasteiger partial charge on any atom is 0.459 e. The number of nitrogens with zero attached hydrogens (tertiary/aromatic N) is 1. The van der Waals surface area contributed by atoms with Crippen LogP contribution in [0, 0.1) is 0 Å². The zero-order chi connectivity index (χ0) is 12.8. The molecule has 1 heterocycles. The lowest BCUT2D eigenvalue weighted by atomic mass is 10.1. The molecule has 0 unspecified atom stereocenters. The Bertz CT molecular complexity index is 373. The molecular weight excluding hydrogens is 252 g/mol. The van der Waals surface area contributed by atoms with Crippen LogP contribution in [0.4, 0.5) is 35.1 Å². The highest BCUT2D eigenvalue weighted by molar-refractivity contribution is 5.25. The monoisotopic (exact) mass is 254 g/mol. The van der Waals surface area contributed by atoms with E-state index >= 15 is 0 Å². The highest BCUT2D eigenvalue weighted by Gasteiger charge is 2.63. The number of halogens is 8. The zero-order valence-electron chi connectivity index (χ0n) is 7.05. The summed E-state index contributed by atoms with van der Waals surface area (Å²) in [7, 11) is 0. The smallest absolute Gasteiger partial charge is 0.285 e. The van der Waals surface area contributed by atoms with Gasteiger partial charge in [0.2, 0.25) is 0 Å². The molecule has 0 saturated carbocycles. The van der Waals surface area contributed by atoms with Gasteiger partial charge < -0.3 is 0 Å². The highest BCUT2D eigenvalue weighted by Crippen LogP contribution is 2.46. The Morgan fingerprint density at radius 1 is 0.938 bits per heavy atom. The Labute approximate surface area is 82.2 Å². The SMILES string of the molecule is FC(F)(F)c1c[nH]nc1C(F)(F)C(F)(F)F. The number of hydrogen-bond donors (Lipinski definition) is 1. The molecule has 0 bridgehead atoms. The van der Waals surface area contributed by atoms with Gasteiger partial charge in [0.1, 0.15) is 5.56 Å². The third-order valence-corrected chi connectivity index (χ3v) is 1.60. The van der Waals surface area contributed by atoms with Crippen LogP contribution in [0.2, 0.25) is 0 Å². The van der Waals surface area contributed by atoms with Crippen LogP contribution in [-0.4, -0.2) is 16.4 Å². The quantitative estimate of drug-likeness (QED) is 0.766. The molecule has 0 spiro atoms. The Morgan fingerprint density at radius 3 is 1.81 bits per heavy atom. The van der Waals surface area contributed by atoms with Crippen molar-refractivity contribution in [3.8, 4) is 0 Å². The molecule has 0 fully saturated rings. The van der Waals surface area contributed by atoms with Gasteiger partial charge in [-0.05, 0) is 0 Å². The first-order chi connectivity index (χ1) is 6.98. The third-order valence-electron chi connectivity index (χ3n) is 1.60. The molecule has 0 aliphatic heterocycles. The minimum absolute atomic E-state index is 0.0605. The summed E-state index contributed by atoms with van der Waals surface area (Å²) in [6.07, 6.45) is -11.5. The van der Waals surface area contributed by atoms with E-state index in [2.05, 4.69) is 5.10 Å². The summed E-state index contributed by atoms with van der Waals surface area (Å²) in [5.41, 5.74) is -4.53. The summed E-state index contributed by atoms with van der Waals surface area (Å²) >= 11 is 0. The Kier molecular flexibility index (Phi) is 2.64. The average Bonchev–Trinajstić information content (AvgIpc) is 2.47. The second-order valence-electron chi connectivity index (χ2n) is 2.72. The first-order valence-electron chi connectivity index (χ1n) is 3.54. The maximum atomic E-state index is 12.6. The molecule has 2 nitrogen and oxygen atoms in total. The van der Waals surface area contributed by atoms with E-state index < -0.39 is 29.5 Å². The fourth-order valence-electron chi connectivity index (χ4n) is 0.880. The number of alkyl halides is 8. The van der Waals surface area contributed by atoms with Gasteiger partial charge in [-0.2, -0.15) is 40.2 Å². The maximum absolute atomic E-state index is 12.6. The lowest BCUT2D eigenvalue weighted by molar-refractivity contribution is -0.292. The standard InChI is InChI=1S/C6H2F8N2/c7-4(8,6(12,13)14)3-2(1-15-16-3)5(9,10)11/h1H,(H,15,16). The van der Waals surface area contributed by atoms with Crippen molar-refractivity contribution in [2.45, 2.75) is 18.3 Å². The molecule has 92 valence electrons. The fraction of sp³-hybridized carbons (Fsp3) is 0.500. The minimum Gasteiger partial charge on any atom is -0.285 e. The molecule has 0 aliphatic carbocycles. The lowest BCUT2D eigenvalue weighted by Gasteiger charge is -2.19. The van der Waals surface area contributed by atoms with Crippen molar-refractivity contribution in [2.75, 3.05) is 0 Å². The van der Waals surface area contributed by atoms with E-state index in [1.807, 2.05) is 0 Å². The second-order valence-corrected chi connectivity index (χ2v) is 2.72. The van der Waals surface area contributed by atoms with Gasteiger partial charge in [0.25, 0.3) is 0 Å². The van der Waals surface area contributed by atoms with Crippen molar-refractivity contribution in [2.24, 2.45) is 0 Å². The van der Waals surface area contributed by atoms with Crippen LogP contribution in [0.25, 0.3) is 0 Å². The summed E-state index contributed by atoms with van der Waals surface area (Å²) < 4.78 is 96.7. The number of rotatable bonds is 1. The van der Waals surface area contributed by atoms with Gasteiger partial charge in [-0.3, -0.25) is 5.10 Å². The molecule has 0 saturated heterocycles. The van der Waals surface area contributed by atoms with Crippen LogP contribution in [0.1, 0.15) is 11.3 Å². The van der Waals surface area contributed by atoms with E-state index in [-0.39, 0.29) is 6.20 Å². The minimum atomic E-state index is -6.14. The summed E-state index contributed by atoms with van der Waals surface area (Å²) in [6.45, 7) is 0. The molecule has 1 aromatic heterocycles. The van der Waals surface area contributed by atoms with E-state index in [0.29, 0.717) is 0 Å². The molecule has 16 heavy (non-hydrogen) atoms. The van der Waals surface area contributed by atoms with Crippen LogP contribution in [0.15, 0.2) is 6.20 Å². The van der Waals surface area contributed by atoms with Gasteiger partial charge in [0, 0.05) is 6.20 Å². The summed E-state index contributed by atoms with van der Waals surface area (Å²) in [6, 6.07) is 0. The molecule has 10 heteroatoms.